The van der Waals surface area contributed by atoms with E-state index in [9.17, 15) is 9.59 Å². The normalized spacial score (nSPS) is 15.2. The molecule has 4 aromatic rings. The van der Waals surface area contributed by atoms with Crippen molar-refractivity contribution in [2.75, 3.05) is 13.7 Å². The predicted octanol–water partition coefficient (Wildman–Crippen LogP) is 5.24. The van der Waals surface area contributed by atoms with Crippen LogP contribution in [-0.2, 0) is 22.6 Å². The predicted molar refractivity (Wildman–Crippen MR) is 132 cm³/mol. The minimum Gasteiger partial charge on any atom is -0.497 e. The fourth-order valence-corrected chi connectivity index (χ4v) is 4.74. The highest BCUT2D eigenvalue weighted by molar-refractivity contribution is 5.96. The number of hydrogen-bond donors (Lipinski definition) is 1. The number of fused-ring (bicyclic) bond motifs is 3. The summed E-state index contributed by atoms with van der Waals surface area (Å²) in [4.78, 5) is 30.4. The first-order chi connectivity index (χ1) is 16.9. The molecule has 0 bridgehead atoms. The van der Waals surface area contributed by atoms with E-state index in [4.69, 9.17) is 13.9 Å². The topological polar surface area (TPSA) is 84.8 Å². The third-order valence-electron chi connectivity index (χ3n) is 6.72. The lowest BCUT2D eigenvalue weighted by atomic mass is 9.94. The molecule has 2 aromatic carbocycles. The molecule has 7 heteroatoms. The summed E-state index contributed by atoms with van der Waals surface area (Å²) < 4.78 is 16.7. The molecule has 0 saturated carbocycles. The monoisotopic (exact) mass is 472 g/mol. The van der Waals surface area contributed by atoms with Gasteiger partial charge in [0, 0.05) is 29.9 Å². The van der Waals surface area contributed by atoms with Gasteiger partial charge in [0.25, 0.3) is 5.91 Å². The summed E-state index contributed by atoms with van der Waals surface area (Å²) in [6.45, 7) is 5.99. The van der Waals surface area contributed by atoms with Crippen LogP contribution in [0, 0.1) is 13.8 Å². The van der Waals surface area contributed by atoms with Crippen LogP contribution in [0.4, 0.5) is 0 Å². The Bertz CT molecular complexity index is 1430. The molecule has 7 nitrogen and oxygen atoms in total. The zero-order valence-corrected chi connectivity index (χ0v) is 20.3. The van der Waals surface area contributed by atoms with E-state index in [1.165, 1.54) is 6.92 Å². The van der Waals surface area contributed by atoms with Crippen molar-refractivity contribution >= 4 is 22.8 Å². The average molecular weight is 473 g/mol. The van der Waals surface area contributed by atoms with Crippen molar-refractivity contribution in [3.8, 4) is 5.75 Å². The number of benzene rings is 2. The summed E-state index contributed by atoms with van der Waals surface area (Å²) in [7, 11) is 1.65. The van der Waals surface area contributed by atoms with Crippen LogP contribution >= 0.6 is 0 Å². The molecule has 1 atom stereocenters. The van der Waals surface area contributed by atoms with Crippen LogP contribution in [0.5, 0.6) is 5.75 Å². The molecule has 0 fully saturated rings. The second-order valence-corrected chi connectivity index (χ2v) is 8.96. The molecule has 1 aliphatic heterocycles. The minimum atomic E-state index is -0.447. The first-order valence-electron chi connectivity index (χ1n) is 11.6. The number of aryl methyl sites for hydroxylation is 2. The van der Waals surface area contributed by atoms with Crippen LogP contribution in [0.25, 0.3) is 10.9 Å². The summed E-state index contributed by atoms with van der Waals surface area (Å²) in [5, 5.41) is 1.08. The number of ether oxygens (including phenoxy) is 2. The second kappa shape index (κ2) is 8.98. The third-order valence-corrected chi connectivity index (χ3v) is 6.72. The molecular formula is C28H28N2O5. The Kier molecular flexibility index (Phi) is 5.84. The van der Waals surface area contributed by atoms with Crippen molar-refractivity contribution in [1.29, 1.82) is 0 Å². The highest BCUT2D eigenvalue weighted by Gasteiger charge is 2.37. The van der Waals surface area contributed by atoms with Crippen LogP contribution in [0.15, 0.2) is 52.9 Å². The first-order valence-corrected chi connectivity index (χ1v) is 11.6. The molecule has 0 unspecified atom stereocenters. The Hall–Kier alpha value is -4.00. The average Bonchev–Trinajstić information content (AvgIpc) is 3.47. The number of H-pyrrole nitrogens is 1. The zero-order chi connectivity index (χ0) is 24.7. The van der Waals surface area contributed by atoms with Gasteiger partial charge in [0.05, 0.1) is 12.8 Å². The number of aromatic amines is 1. The van der Waals surface area contributed by atoms with E-state index in [1.54, 1.807) is 13.2 Å². The van der Waals surface area contributed by atoms with Crippen molar-refractivity contribution in [2.24, 2.45) is 0 Å². The van der Waals surface area contributed by atoms with Gasteiger partial charge in [0.1, 0.15) is 29.9 Å². The Labute approximate surface area is 203 Å². The molecule has 1 N–H and O–H groups in total. The van der Waals surface area contributed by atoms with Gasteiger partial charge in [0.2, 0.25) is 0 Å². The van der Waals surface area contributed by atoms with Crippen molar-refractivity contribution in [3.05, 3.63) is 88.0 Å². The van der Waals surface area contributed by atoms with Gasteiger partial charge in [-0.25, -0.2) is 0 Å². The lowest BCUT2D eigenvalue weighted by Crippen LogP contribution is -2.40. The van der Waals surface area contributed by atoms with Gasteiger partial charge >= 0.3 is 5.97 Å². The fourth-order valence-electron chi connectivity index (χ4n) is 4.74. The van der Waals surface area contributed by atoms with E-state index >= 15 is 0 Å². The zero-order valence-electron chi connectivity index (χ0n) is 20.3. The highest BCUT2D eigenvalue weighted by atomic mass is 16.5. The van der Waals surface area contributed by atoms with Gasteiger partial charge in [-0.1, -0.05) is 6.07 Å². The van der Waals surface area contributed by atoms with Crippen LogP contribution in [0.1, 0.15) is 57.2 Å². The summed E-state index contributed by atoms with van der Waals surface area (Å²) in [6, 6.07) is 14.9. The molecule has 0 radical (unpaired) electrons. The van der Waals surface area contributed by atoms with E-state index in [-0.39, 0.29) is 18.5 Å². The number of amides is 1. The number of rotatable bonds is 5. The number of methoxy groups -OCH3 is 1. The maximum Gasteiger partial charge on any atom is 0.303 e. The molecule has 35 heavy (non-hydrogen) atoms. The van der Waals surface area contributed by atoms with Crippen LogP contribution in [-0.4, -0.2) is 35.4 Å². The molecule has 3 heterocycles. The molecule has 2 aromatic heterocycles. The van der Waals surface area contributed by atoms with Crippen LogP contribution < -0.4 is 4.74 Å². The molecule has 5 rings (SSSR count). The Morgan fingerprint density at radius 1 is 1.09 bits per heavy atom. The van der Waals surface area contributed by atoms with Gasteiger partial charge < -0.3 is 23.8 Å². The van der Waals surface area contributed by atoms with Crippen molar-refractivity contribution in [1.82, 2.24) is 9.88 Å². The summed E-state index contributed by atoms with van der Waals surface area (Å²) in [6.07, 6.45) is 0.705. The number of aromatic nitrogens is 1. The second-order valence-electron chi connectivity index (χ2n) is 8.96. The van der Waals surface area contributed by atoms with E-state index in [2.05, 4.69) is 4.98 Å². The maximum absolute atomic E-state index is 13.8. The SMILES string of the molecule is COc1ccc2[nH]c3c(c2c1)CCN(C(=O)c1ccc(C)c(C)c1)[C@@H]3c1ccc(COC(C)=O)o1. The van der Waals surface area contributed by atoms with Crippen molar-refractivity contribution in [2.45, 2.75) is 39.8 Å². The van der Waals surface area contributed by atoms with Gasteiger partial charge in [-0.2, -0.15) is 0 Å². The standard InChI is InChI=1S/C28H28N2O5/c1-16-5-6-19(13-17(16)2)28(32)30-12-11-22-23-14-20(33-4)7-9-24(23)29-26(22)27(30)25-10-8-21(35-25)15-34-18(3)31/h5-10,13-14,27,29H,11-12,15H2,1-4H3/t27-/m1/s1. The lowest BCUT2D eigenvalue weighted by Gasteiger charge is -2.35. The van der Waals surface area contributed by atoms with Gasteiger partial charge in [-0.05, 0) is 79.4 Å². The molecule has 0 aliphatic carbocycles. The van der Waals surface area contributed by atoms with Gasteiger partial charge in [0.15, 0.2) is 0 Å². The Morgan fingerprint density at radius 2 is 1.91 bits per heavy atom. The number of esters is 1. The largest absolute Gasteiger partial charge is 0.497 e. The summed E-state index contributed by atoms with van der Waals surface area (Å²) in [5.74, 6) is 1.49. The quantitative estimate of drug-likeness (QED) is 0.402. The Morgan fingerprint density at radius 3 is 2.66 bits per heavy atom. The number of nitrogens with zero attached hydrogens (tertiary/aromatic N) is 1. The van der Waals surface area contributed by atoms with Crippen molar-refractivity contribution < 1.29 is 23.5 Å². The Balaban J connectivity index is 1.60. The number of hydrogen-bond acceptors (Lipinski definition) is 5. The highest BCUT2D eigenvalue weighted by Crippen LogP contribution is 2.40. The van der Waals surface area contributed by atoms with E-state index in [0.717, 1.165) is 39.0 Å². The maximum atomic E-state index is 13.8. The van der Waals surface area contributed by atoms with Crippen molar-refractivity contribution in [3.63, 3.8) is 0 Å². The molecule has 1 amide bonds. The van der Waals surface area contributed by atoms with Gasteiger partial charge in [-0.15, -0.1) is 0 Å². The minimum absolute atomic E-state index is 0.0455. The first kappa shape index (κ1) is 22.8. The molecule has 0 saturated heterocycles. The number of carbonyl (C=O) groups is 2. The lowest BCUT2D eigenvalue weighted by molar-refractivity contribution is -0.142. The number of carbonyl (C=O) groups excluding carboxylic acids is 2. The summed E-state index contributed by atoms with van der Waals surface area (Å²) in [5.41, 5.74) is 5.91. The number of nitrogens with one attached hydrogen (secondary N) is 1. The molecular weight excluding hydrogens is 444 g/mol. The smallest absolute Gasteiger partial charge is 0.303 e. The van der Waals surface area contributed by atoms with Gasteiger partial charge in [-0.3, -0.25) is 9.59 Å². The van der Waals surface area contributed by atoms with E-state index < -0.39 is 6.04 Å². The molecule has 180 valence electrons. The van der Waals surface area contributed by atoms with Crippen LogP contribution in [0.2, 0.25) is 0 Å². The summed E-state index contributed by atoms with van der Waals surface area (Å²) >= 11 is 0. The third kappa shape index (κ3) is 4.18. The molecule has 0 spiro atoms. The molecule has 1 aliphatic rings. The van der Waals surface area contributed by atoms with E-state index in [0.29, 0.717) is 30.0 Å². The van der Waals surface area contributed by atoms with Crippen LogP contribution in [0.3, 0.4) is 0 Å². The van der Waals surface area contributed by atoms with E-state index in [1.807, 2.05) is 61.2 Å². The fraction of sp³-hybridized carbons (Fsp3) is 0.286. The number of furan rings is 1.